The van der Waals surface area contributed by atoms with Crippen molar-refractivity contribution in [3.05, 3.63) is 65.6 Å². The molecule has 2 heterocycles. The van der Waals surface area contributed by atoms with Crippen molar-refractivity contribution in [2.45, 2.75) is 6.92 Å². The molecule has 0 radical (unpaired) electrons. The van der Waals surface area contributed by atoms with E-state index in [1.165, 1.54) is 0 Å². The smallest absolute Gasteiger partial charge is 0.290 e. The lowest BCUT2D eigenvalue weighted by atomic mass is 10.2. The maximum Gasteiger partial charge on any atom is 0.290 e. The van der Waals surface area contributed by atoms with Crippen LogP contribution in [-0.4, -0.2) is 28.6 Å². The Kier molecular flexibility index (Phi) is 4.05. The number of aryl methyl sites for hydroxylation is 1. The minimum absolute atomic E-state index is 0.305. The minimum atomic E-state index is -0.305. The third-order valence-corrected chi connectivity index (χ3v) is 3.39. The van der Waals surface area contributed by atoms with Gasteiger partial charge in [0.2, 0.25) is 0 Å². The van der Waals surface area contributed by atoms with Crippen molar-refractivity contribution < 1.29 is 9.53 Å². The molecular weight excluding hydrogens is 292 g/mol. The summed E-state index contributed by atoms with van der Waals surface area (Å²) in [5.41, 5.74) is 5.23. The molecule has 23 heavy (non-hydrogen) atoms. The summed E-state index contributed by atoms with van der Waals surface area (Å²) < 4.78 is 6.89. The molecule has 3 aromatic rings. The summed E-state index contributed by atoms with van der Waals surface area (Å²) in [6, 6.07) is 13.0. The lowest BCUT2D eigenvalue weighted by Crippen LogP contribution is -2.20. The molecule has 2 aromatic heterocycles. The maximum atomic E-state index is 12.3. The Morgan fingerprint density at radius 3 is 3.00 bits per heavy atom. The summed E-state index contributed by atoms with van der Waals surface area (Å²) >= 11 is 0. The van der Waals surface area contributed by atoms with E-state index in [1.54, 1.807) is 30.8 Å². The molecule has 0 fully saturated rings. The first-order valence-corrected chi connectivity index (χ1v) is 7.10. The molecule has 0 saturated heterocycles. The van der Waals surface area contributed by atoms with Crippen molar-refractivity contribution in [1.82, 2.24) is 14.8 Å². The molecule has 0 unspecified atom stereocenters. The lowest BCUT2D eigenvalue weighted by Gasteiger charge is -2.02. The number of carbonyl (C=O) groups is 1. The van der Waals surface area contributed by atoms with E-state index in [2.05, 4.69) is 15.5 Å². The number of fused-ring (bicyclic) bond motifs is 1. The standard InChI is InChI=1S/C17H16N4O2/c1-12-16(21-9-4-3-8-15(21)19-12)17(22)20-18-11-13-6-5-7-14(10-13)23-2/h3-11H,1-2H3,(H,20,22). The van der Waals surface area contributed by atoms with Crippen molar-refractivity contribution in [3.63, 3.8) is 0 Å². The van der Waals surface area contributed by atoms with Gasteiger partial charge in [-0.2, -0.15) is 5.10 Å². The van der Waals surface area contributed by atoms with Gasteiger partial charge in [-0.3, -0.25) is 9.20 Å². The molecule has 6 heteroatoms. The van der Waals surface area contributed by atoms with Crippen LogP contribution < -0.4 is 10.2 Å². The predicted octanol–water partition coefficient (Wildman–Crippen LogP) is 2.42. The second-order valence-electron chi connectivity index (χ2n) is 4.95. The Labute approximate surface area is 133 Å². The molecule has 1 aromatic carbocycles. The van der Waals surface area contributed by atoms with Crippen LogP contribution in [0.2, 0.25) is 0 Å². The van der Waals surface area contributed by atoms with Gasteiger partial charge in [-0.25, -0.2) is 10.4 Å². The SMILES string of the molecule is COc1cccc(C=NNC(=O)c2c(C)nc3ccccn23)c1. The van der Waals surface area contributed by atoms with Crippen molar-refractivity contribution in [3.8, 4) is 5.75 Å². The lowest BCUT2D eigenvalue weighted by molar-refractivity contribution is 0.0948. The third kappa shape index (κ3) is 3.06. The van der Waals surface area contributed by atoms with E-state index in [-0.39, 0.29) is 5.91 Å². The van der Waals surface area contributed by atoms with Crippen LogP contribution >= 0.6 is 0 Å². The summed E-state index contributed by atoms with van der Waals surface area (Å²) in [5, 5.41) is 4.00. The van der Waals surface area contributed by atoms with Gasteiger partial charge in [-0.05, 0) is 36.8 Å². The Morgan fingerprint density at radius 2 is 2.17 bits per heavy atom. The molecule has 1 amide bonds. The van der Waals surface area contributed by atoms with Crippen molar-refractivity contribution >= 4 is 17.8 Å². The quantitative estimate of drug-likeness (QED) is 0.594. The first-order valence-electron chi connectivity index (χ1n) is 7.10. The normalized spacial score (nSPS) is 11.0. The number of rotatable bonds is 4. The van der Waals surface area contributed by atoms with E-state index in [0.717, 1.165) is 17.0 Å². The molecule has 0 saturated carbocycles. The number of hydrazone groups is 1. The van der Waals surface area contributed by atoms with Gasteiger partial charge in [0.25, 0.3) is 5.91 Å². The van der Waals surface area contributed by atoms with Crippen LogP contribution in [0.25, 0.3) is 5.65 Å². The van der Waals surface area contributed by atoms with Crippen molar-refractivity contribution in [1.29, 1.82) is 0 Å². The molecule has 0 spiro atoms. The van der Waals surface area contributed by atoms with E-state index in [4.69, 9.17) is 4.74 Å². The zero-order chi connectivity index (χ0) is 16.2. The summed E-state index contributed by atoms with van der Waals surface area (Å²) in [4.78, 5) is 16.7. The fraction of sp³-hybridized carbons (Fsp3) is 0.118. The van der Waals surface area contributed by atoms with Gasteiger partial charge >= 0.3 is 0 Å². The monoisotopic (exact) mass is 308 g/mol. The second kappa shape index (κ2) is 6.31. The molecule has 3 rings (SSSR count). The van der Waals surface area contributed by atoms with E-state index in [9.17, 15) is 4.79 Å². The Morgan fingerprint density at radius 1 is 1.30 bits per heavy atom. The van der Waals surface area contributed by atoms with Gasteiger partial charge in [0.1, 0.15) is 17.1 Å². The zero-order valence-corrected chi connectivity index (χ0v) is 12.9. The zero-order valence-electron chi connectivity index (χ0n) is 12.9. The molecule has 0 aliphatic heterocycles. The number of nitrogens with zero attached hydrogens (tertiary/aromatic N) is 3. The Balaban J connectivity index is 1.78. The highest BCUT2D eigenvalue weighted by molar-refractivity contribution is 5.95. The number of hydrogen-bond donors (Lipinski definition) is 1. The van der Waals surface area contributed by atoms with Crippen LogP contribution in [-0.2, 0) is 0 Å². The second-order valence-corrected chi connectivity index (χ2v) is 4.95. The van der Waals surface area contributed by atoms with Gasteiger partial charge in [0.15, 0.2) is 0 Å². The van der Waals surface area contributed by atoms with Crippen LogP contribution in [0.5, 0.6) is 5.75 Å². The van der Waals surface area contributed by atoms with Gasteiger partial charge in [-0.1, -0.05) is 18.2 Å². The highest BCUT2D eigenvalue weighted by atomic mass is 16.5. The number of pyridine rings is 1. The van der Waals surface area contributed by atoms with Gasteiger partial charge in [0, 0.05) is 6.20 Å². The van der Waals surface area contributed by atoms with E-state index < -0.39 is 0 Å². The average Bonchev–Trinajstić information content (AvgIpc) is 2.90. The first-order chi connectivity index (χ1) is 11.2. The summed E-state index contributed by atoms with van der Waals surface area (Å²) in [6.45, 7) is 1.80. The number of benzene rings is 1. The van der Waals surface area contributed by atoms with Gasteiger partial charge in [0.05, 0.1) is 19.0 Å². The molecular formula is C17H16N4O2. The predicted molar refractivity (Wildman–Crippen MR) is 88.0 cm³/mol. The molecule has 6 nitrogen and oxygen atoms in total. The minimum Gasteiger partial charge on any atom is -0.497 e. The largest absolute Gasteiger partial charge is 0.497 e. The molecule has 0 aliphatic carbocycles. The molecule has 0 aliphatic rings. The topological polar surface area (TPSA) is 68.0 Å². The van der Waals surface area contributed by atoms with E-state index in [0.29, 0.717) is 11.4 Å². The third-order valence-electron chi connectivity index (χ3n) is 3.39. The maximum absolute atomic E-state index is 12.3. The Hall–Kier alpha value is -3.15. The first kappa shape index (κ1) is 14.8. The number of methoxy groups -OCH3 is 1. The number of imidazole rings is 1. The Bertz CT molecular complexity index is 883. The van der Waals surface area contributed by atoms with Crippen LogP contribution in [0.1, 0.15) is 21.7 Å². The molecule has 1 N–H and O–H groups in total. The van der Waals surface area contributed by atoms with Crippen molar-refractivity contribution in [2.24, 2.45) is 5.10 Å². The van der Waals surface area contributed by atoms with Crippen LogP contribution in [0, 0.1) is 6.92 Å². The summed E-state index contributed by atoms with van der Waals surface area (Å²) in [7, 11) is 1.60. The van der Waals surface area contributed by atoms with Gasteiger partial charge in [-0.15, -0.1) is 0 Å². The van der Waals surface area contributed by atoms with Crippen LogP contribution in [0.3, 0.4) is 0 Å². The number of hydrogen-bond acceptors (Lipinski definition) is 4. The summed E-state index contributed by atoms with van der Waals surface area (Å²) in [5.74, 6) is 0.429. The van der Waals surface area contributed by atoms with E-state index >= 15 is 0 Å². The number of aromatic nitrogens is 2. The van der Waals surface area contributed by atoms with E-state index in [1.807, 2.05) is 42.5 Å². The van der Waals surface area contributed by atoms with Crippen LogP contribution in [0.4, 0.5) is 0 Å². The molecule has 0 bridgehead atoms. The number of nitrogens with one attached hydrogen (secondary N) is 1. The average molecular weight is 308 g/mol. The van der Waals surface area contributed by atoms with Gasteiger partial charge < -0.3 is 4.74 Å². The number of amides is 1. The molecule has 0 atom stereocenters. The fourth-order valence-electron chi connectivity index (χ4n) is 2.33. The highest BCUT2D eigenvalue weighted by Crippen LogP contribution is 2.12. The fourth-order valence-corrected chi connectivity index (χ4v) is 2.33. The van der Waals surface area contributed by atoms with Crippen LogP contribution in [0.15, 0.2) is 53.8 Å². The number of carbonyl (C=O) groups excluding carboxylic acids is 1. The summed E-state index contributed by atoms with van der Waals surface area (Å²) in [6.07, 6.45) is 3.37. The van der Waals surface area contributed by atoms with Crippen molar-refractivity contribution in [2.75, 3.05) is 7.11 Å². The molecule has 116 valence electrons. The number of ether oxygens (including phenoxy) is 1. The highest BCUT2D eigenvalue weighted by Gasteiger charge is 2.15.